The second-order valence-electron chi connectivity index (χ2n) is 5.15. The fourth-order valence-electron chi connectivity index (χ4n) is 2.66. The van der Waals surface area contributed by atoms with Gasteiger partial charge in [-0.15, -0.1) is 0 Å². The van der Waals surface area contributed by atoms with E-state index in [0.717, 1.165) is 23.9 Å². The van der Waals surface area contributed by atoms with Gasteiger partial charge < -0.3 is 10.1 Å². The third-order valence-electron chi connectivity index (χ3n) is 3.64. The molecule has 0 saturated carbocycles. The Hall–Kier alpha value is -2.03. The molecule has 0 spiro atoms. The molecule has 104 valence electrons. The Balaban J connectivity index is 1.78. The molecule has 0 saturated heterocycles. The summed E-state index contributed by atoms with van der Waals surface area (Å²) in [6, 6.07) is 10.3. The van der Waals surface area contributed by atoms with E-state index in [-0.39, 0.29) is 0 Å². The lowest BCUT2D eigenvalue weighted by atomic mass is 9.92. The van der Waals surface area contributed by atoms with E-state index in [1.54, 1.807) is 6.20 Å². The zero-order valence-electron chi connectivity index (χ0n) is 11.9. The lowest BCUT2D eigenvalue weighted by Gasteiger charge is -2.16. The van der Waals surface area contributed by atoms with E-state index in [9.17, 15) is 0 Å². The Bertz CT molecular complexity index is 595. The van der Waals surface area contributed by atoms with Crippen LogP contribution in [0, 0.1) is 0 Å². The molecular formula is C17H20N2O. The summed E-state index contributed by atoms with van der Waals surface area (Å²) in [4.78, 5) is 4.25. The number of nitrogens with zero attached hydrogens (tertiary/aromatic N) is 1. The summed E-state index contributed by atoms with van der Waals surface area (Å²) >= 11 is 0. The fraction of sp³-hybridized carbons (Fsp3) is 0.353. The highest BCUT2D eigenvalue weighted by atomic mass is 16.5. The van der Waals surface area contributed by atoms with E-state index in [1.807, 2.05) is 12.1 Å². The van der Waals surface area contributed by atoms with Crippen LogP contribution in [0.4, 0.5) is 5.82 Å². The van der Waals surface area contributed by atoms with Crippen molar-refractivity contribution >= 4 is 5.82 Å². The number of benzene rings is 1. The number of pyridine rings is 1. The van der Waals surface area contributed by atoms with Crippen LogP contribution in [0.5, 0.6) is 11.5 Å². The van der Waals surface area contributed by atoms with Gasteiger partial charge in [-0.2, -0.15) is 0 Å². The van der Waals surface area contributed by atoms with E-state index in [4.69, 9.17) is 4.74 Å². The number of rotatable bonds is 4. The van der Waals surface area contributed by atoms with Gasteiger partial charge in [-0.3, -0.25) is 0 Å². The van der Waals surface area contributed by atoms with Crippen molar-refractivity contribution in [3.05, 3.63) is 47.7 Å². The molecule has 3 nitrogen and oxygen atoms in total. The lowest BCUT2D eigenvalue weighted by molar-refractivity contribution is 0.480. The summed E-state index contributed by atoms with van der Waals surface area (Å²) in [7, 11) is 0. The fourth-order valence-corrected chi connectivity index (χ4v) is 2.66. The number of aromatic nitrogens is 1. The molecule has 0 unspecified atom stereocenters. The predicted octanol–water partition coefficient (Wildman–Crippen LogP) is 4.18. The summed E-state index contributed by atoms with van der Waals surface area (Å²) in [6.45, 7) is 2.91. The van der Waals surface area contributed by atoms with Crippen LogP contribution in [0.3, 0.4) is 0 Å². The highest BCUT2D eigenvalue weighted by Crippen LogP contribution is 2.28. The smallest absolute Gasteiger partial charge is 0.132 e. The number of ether oxygens (including phenoxy) is 1. The van der Waals surface area contributed by atoms with Crippen molar-refractivity contribution in [1.82, 2.24) is 4.98 Å². The van der Waals surface area contributed by atoms with Crippen LogP contribution >= 0.6 is 0 Å². The largest absolute Gasteiger partial charge is 0.457 e. The van der Waals surface area contributed by atoms with Gasteiger partial charge in [0.1, 0.15) is 17.3 Å². The van der Waals surface area contributed by atoms with Gasteiger partial charge >= 0.3 is 0 Å². The van der Waals surface area contributed by atoms with E-state index < -0.39 is 0 Å². The molecule has 1 heterocycles. The van der Waals surface area contributed by atoms with Gasteiger partial charge in [-0.25, -0.2) is 4.98 Å². The molecule has 20 heavy (non-hydrogen) atoms. The maximum absolute atomic E-state index is 5.95. The Kier molecular flexibility index (Phi) is 3.86. The van der Waals surface area contributed by atoms with Gasteiger partial charge in [0, 0.05) is 18.8 Å². The minimum absolute atomic E-state index is 0.826. The van der Waals surface area contributed by atoms with E-state index in [2.05, 4.69) is 35.4 Å². The van der Waals surface area contributed by atoms with Crippen LogP contribution < -0.4 is 10.1 Å². The molecule has 2 aromatic rings. The van der Waals surface area contributed by atoms with Crippen molar-refractivity contribution in [3.63, 3.8) is 0 Å². The van der Waals surface area contributed by atoms with Crippen molar-refractivity contribution in [2.45, 2.75) is 32.6 Å². The first-order valence-electron chi connectivity index (χ1n) is 7.35. The summed E-state index contributed by atoms with van der Waals surface area (Å²) in [6.07, 6.45) is 6.74. The SMILES string of the molecule is CCNc1cc(Oc2ccc3c(c2)CCCC3)ccn1. The van der Waals surface area contributed by atoms with Gasteiger partial charge in [0.15, 0.2) is 0 Å². The molecule has 1 aliphatic rings. The zero-order valence-corrected chi connectivity index (χ0v) is 11.9. The molecule has 1 N–H and O–H groups in total. The maximum Gasteiger partial charge on any atom is 0.132 e. The molecule has 0 atom stereocenters. The van der Waals surface area contributed by atoms with Gasteiger partial charge in [0.2, 0.25) is 0 Å². The molecular weight excluding hydrogens is 248 g/mol. The van der Waals surface area contributed by atoms with Gasteiger partial charge in [0.05, 0.1) is 0 Å². The average Bonchev–Trinajstić information content (AvgIpc) is 2.48. The molecule has 0 fully saturated rings. The third-order valence-corrected chi connectivity index (χ3v) is 3.64. The normalized spacial score (nSPS) is 13.7. The lowest BCUT2D eigenvalue weighted by Crippen LogP contribution is -2.02. The first-order valence-corrected chi connectivity index (χ1v) is 7.35. The standard InChI is InChI=1S/C17H20N2O/c1-2-18-17-12-16(9-10-19-17)20-15-8-7-13-5-3-4-6-14(13)11-15/h7-12H,2-6H2,1H3,(H,18,19). The Morgan fingerprint density at radius 2 is 1.85 bits per heavy atom. The molecule has 1 aliphatic carbocycles. The predicted molar refractivity (Wildman–Crippen MR) is 81.6 cm³/mol. The Morgan fingerprint density at radius 1 is 1.05 bits per heavy atom. The maximum atomic E-state index is 5.95. The summed E-state index contributed by atoms with van der Waals surface area (Å²) < 4.78 is 5.95. The van der Waals surface area contributed by atoms with Crippen molar-refractivity contribution in [2.75, 3.05) is 11.9 Å². The van der Waals surface area contributed by atoms with Crippen molar-refractivity contribution < 1.29 is 4.74 Å². The van der Waals surface area contributed by atoms with Crippen molar-refractivity contribution in [1.29, 1.82) is 0 Å². The number of aryl methyl sites for hydroxylation is 2. The molecule has 0 amide bonds. The molecule has 3 heteroatoms. The molecule has 3 rings (SSSR count). The molecule has 1 aromatic heterocycles. The van der Waals surface area contributed by atoms with Crippen LogP contribution in [0.15, 0.2) is 36.5 Å². The Labute approximate surface area is 120 Å². The first kappa shape index (κ1) is 13.0. The highest BCUT2D eigenvalue weighted by Gasteiger charge is 2.10. The second kappa shape index (κ2) is 5.95. The van der Waals surface area contributed by atoms with Gasteiger partial charge in [0.25, 0.3) is 0 Å². The monoisotopic (exact) mass is 268 g/mol. The topological polar surface area (TPSA) is 34.1 Å². The zero-order chi connectivity index (χ0) is 13.8. The van der Waals surface area contributed by atoms with E-state index >= 15 is 0 Å². The number of hydrogen-bond donors (Lipinski definition) is 1. The number of fused-ring (bicyclic) bond motifs is 1. The Morgan fingerprint density at radius 3 is 2.70 bits per heavy atom. The van der Waals surface area contributed by atoms with Crippen molar-refractivity contribution in [3.8, 4) is 11.5 Å². The van der Waals surface area contributed by atoms with Gasteiger partial charge in [-0.05, 0) is 61.9 Å². The average molecular weight is 268 g/mol. The number of anilines is 1. The second-order valence-corrected chi connectivity index (χ2v) is 5.15. The highest BCUT2D eigenvalue weighted by molar-refractivity contribution is 5.44. The van der Waals surface area contributed by atoms with Crippen LogP contribution in [-0.4, -0.2) is 11.5 Å². The summed E-state index contributed by atoms with van der Waals surface area (Å²) in [5, 5.41) is 3.19. The van der Waals surface area contributed by atoms with Crippen molar-refractivity contribution in [2.24, 2.45) is 0 Å². The molecule has 0 bridgehead atoms. The first-order chi connectivity index (χ1) is 9.85. The minimum atomic E-state index is 0.826. The third kappa shape index (κ3) is 2.93. The van der Waals surface area contributed by atoms with Crippen LogP contribution in [-0.2, 0) is 12.8 Å². The van der Waals surface area contributed by atoms with E-state index in [0.29, 0.717) is 0 Å². The number of hydrogen-bond acceptors (Lipinski definition) is 3. The molecule has 0 radical (unpaired) electrons. The number of nitrogens with one attached hydrogen (secondary N) is 1. The van der Waals surface area contributed by atoms with Crippen LogP contribution in [0.1, 0.15) is 30.9 Å². The summed E-state index contributed by atoms with van der Waals surface area (Å²) in [5.41, 5.74) is 2.92. The quantitative estimate of drug-likeness (QED) is 0.903. The van der Waals surface area contributed by atoms with E-state index in [1.165, 1.54) is 36.8 Å². The van der Waals surface area contributed by atoms with Crippen LogP contribution in [0.25, 0.3) is 0 Å². The van der Waals surface area contributed by atoms with Gasteiger partial charge in [-0.1, -0.05) is 6.07 Å². The minimum Gasteiger partial charge on any atom is -0.457 e. The summed E-state index contributed by atoms with van der Waals surface area (Å²) in [5.74, 6) is 2.59. The molecule has 1 aromatic carbocycles. The molecule has 0 aliphatic heterocycles. The van der Waals surface area contributed by atoms with Crippen LogP contribution in [0.2, 0.25) is 0 Å².